The molecule has 1 aliphatic rings. The third-order valence-electron chi connectivity index (χ3n) is 2.92. The lowest BCUT2D eigenvalue weighted by Gasteiger charge is -2.11. The van der Waals surface area contributed by atoms with Gasteiger partial charge in [-0.1, -0.05) is 31.9 Å². The first-order valence-corrected chi connectivity index (χ1v) is 6.26. The number of hydrogen-bond acceptors (Lipinski definition) is 3. The topological polar surface area (TPSA) is 43.4 Å². The van der Waals surface area contributed by atoms with Crippen LogP contribution in [0, 0.1) is 0 Å². The highest BCUT2D eigenvalue weighted by Gasteiger charge is 2.21. The van der Waals surface area contributed by atoms with Crippen molar-refractivity contribution in [1.82, 2.24) is 0 Å². The van der Waals surface area contributed by atoms with Crippen molar-refractivity contribution in [3.05, 3.63) is 35.4 Å². The summed E-state index contributed by atoms with van der Waals surface area (Å²) in [6.45, 7) is 2.78. The van der Waals surface area contributed by atoms with Gasteiger partial charge in [0.25, 0.3) is 0 Å². The highest BCUT2D eigenvalue weighted by molar-refractivity contribution is 6.50. The predicted molar refractivity (Wildman–Crippen MR) is 69.8 cm³/mol. The van der Waals surface area contributed by atoms with Gasteiger partial charge in [0, 0.05) is 5.56 Å². The Morgan fingerprint density at radius 1 is 1.11 bits per heavy atom. The molecule has 0 spiro atoms. The van der Waals surface area contributed by atoms with Crippen molar-refractivity contribution in [2.45, 2.75) is 26.2 Å². The van der Waals surface area contributed by atoms with Crippen molar-refractivity contribution >= 4 is 17.6 Å². The number of carbonyl (C=O) groups excluding carboxylic acids is 2. The molecule has 0 amide bonds. The minimum atomic E-state index is -0.467. The van der Waals surface area contributed by atoms with Crippen LogP contribution in [0.15, 0.2) is 24.3 Å². The Morgan fingerprint density at radius 3 is 2.72 bits per heavy atom. The largest absolute Gasteiger partial charge is 0.494 e. The van der Waals surface area contributed by atoms with Crippen molar-refractivity contribution in [3.8, 4) is 5.75 Å². The average Bonchev–Trinajstić information content (AvgIpc) is 2.39. The Hall–Kier alpha value is -1.90. The van der Waals surface area contributed by atoms with Crippen LogP contribution in [0.1, 0.15) is 42.1 Å². The molecule has 2 rings (SSSR count). The van der Waals surface area contributed by atoms with Gasteiger partial charge in [-0.25, -0.2) is 0 Å². The van der Waals surface area contributed by atoms with Crippen LogP contribution in [0.4, 0.5) is 0 Å². The van der Waals surface area contributed by atoms with E-state index in [4.69, 9.17) is 4.74 Å². The summed E-state index contributed by atoms with van der Waals surface area (Å²) in [5, 5.41) is 0. The zero-order valence-corrected chi connectivity index (χ0v) is 10.4. The molecular formula is C15H16O3. The molecule has 1 aliphatic carbocycles. The molecule has 0 aromatic heterocycles. The Bertz CT molecular complexity index is 500. The number of Topliss-reactive ketones (excluding diaryl/α,β-unsaturated/α-hetero) is 1. The van der Waals surface area contributed by atoms with E-state index in [2.05, 4.69) is 6.92 Å². The van der Waals surface area contributed by atoms with Gasteiger partial charge in [-0.15, -0.1) is 0 Å². The lowest BCUT2D eigenvalue weighted by atomic mass is 9.95. The van der Waals surface area contributed by atoms with E-state index in [1.807, 2.05) is 12.1 Å². The second kappa shape index (κ2) is 5.63. The van der Waals surface area contributed by atoms with E-state index in [0.717, 1.165) is 24.8 Å². The van der Waals surface area contributed by atoms with Crippen molar-refractivity contribution in [1.29, 1.82) is 0 Å². The number of benzene rings is 1. The van der Waals surface area contributed by atoms with Crippen LogP contribution >= 0.6 is 0 Å². The van der Waals surface area contributed by atoms with Crippen molar-refractivity contribution < 1.29 is 14.3 Å². The van der Waals surface area contributed by atoms with E-state index in [9.17, 15) is 9.59 Å². The normalized spacial score (nSPS) is 13.6. The number of unbranched alkanes of at least 4 members (excludes halogenated alkanes) is 2. The monoisotopic (exact) mass is 244 g/mol. The van der Waals surface area contributed by atoms with Crippen LogP contribution < -0.4 is 4.74 Å². The maximum atomic E-state index is 11.7. The summed E-state index contributed by atoms with van der Waals surface area (Å²) >= 11 is 0. The Balaban J connectivity index is 2.10. The molecule has 3 nitrogen and oxygen atoms in total. The summed E-state index contributed by atoms with van der Waals surface area (Å²) < 4.78 is 5.57. The standard InChI is InChI=1S/C15H16O3/c1-2-3-4-9-18-12-7-5-11-6-8-14(16)15(17)13(11)10-12/h5-8,10H,2-4,9H2,1H3. The van der Waals surface area contributed by atoms with Gasteiger partial charge in [0.1, 0.15) is 5.75 Å². The highest BCUT2D eigenvalue weighted by Crippen LogP contribution is 2.23. The Labute approximate surface area is 106 Å². The van der Waals surface area contributed by atoms with E-state index in [1.165, 1.54) is 6.08 Å². The number of carbonyl (C=O) groups is 2. The summed E-state index contributed by atoms with van der Waals surface area (Å²) in [4.78, 5) is 23.0. The van der Waals surface area contributed by atoms with Crippen molar-refractivity contribution in [2.75, 3.05) is 6.61 Å². The third kappa shape index (κ3) is 2.67. The smallest absolute Gasteiger partial charge is 0.233 e. The van der Waals surface area contributed by atoms with Crippen LogP contribution in [0.25, 0.3) is 6.08 Å². The number of allylic oxidation sites excluding steroid dienone is 1. The molecule has 0 aliphatic heterocycles. The Kier molecular flexibility index (Phi) is 3.92. The maximum Gasteiger partial charge on any atom is 0.233 e. The second-order valence-corrected chi connectivity index (χ2v) is 4.33. The molecule has 94 valence electrons. The van der Waals surface area contributed by atoms with Gasteiger partial charge in [-0.2, -0.15) is 0 Å². The molecule has 3 heteroatoms. The summed E-state index contributed by atoms with van der Waals surface area (Å²) in [5.41, 5.74) is 1.22. The number of ether oxygens (including phenoxy) is 1. The number of hydrogen-bond donors (Lipinski definition) is 0. The highest BCUT2D eigenvalue weighted by atomic mass is 16.5. The second-order valence-electron chi connectivity index (χ2n) is 4.33. The molecule has 0 bridgehead atoms. The molecule has 0 radical (unpaired) electrons. The molecule has 18 heavy (non-hydrogen) atoms. The molecule has 0 fully saturated rings. The molecule has 1 aromatic carbocycles. The summed E-state index contributed by atoms with van der Waals surface area (Å²) in [6, 6.07) is 5.30. The predicted octanol–water partition coefficient (Wildman–Crippen LogP) is 3.03. The molecular weight excluding hydrogens is 228 g/mol. The molecule has 0 heterocycles. The number of ketones is 2. The van der Waals surface area contributed by atoms with Gasteiger partial charge in [-0.05, 0) is 30.2 Å². The fourth-order valence-corrected chi connectivity index (χ4v) is 1.88. The van der Waals surface area contributed by atoms with Gasteiger partial charge in [-0.3, -0.25) is 9.59 Å². The zero-order chi connectivity index (χ0) is 13.0. The number of rotatable bonds is 5. The van der Waals surface area contributed by atoms with E-state index < -0.39 is 11.6 Å². The molecule has 0 unspecified atom stereocenters. The van der Waals surface area contributed by atoms with Crippen LogP contribution in [0.3, 0.4) is 0 Å². The first-order chi connectivity index (χ1) is 8.72. The van der Waals surface area contributed by atoms with Gasteiger partial charge in [0.05, 0.1) is 6.61 Å². The summed E-state index contributed by atoms with van der Waals surface area (Å²) in [5.74, 6) is -0.265. The number of fused-ring (bicyclic) bond motifs is 1. The van der Waals surface area contributed by atoms with Crippen molar-refractivity contribution in [3.63, 3.8) is 0 Å². The fourth-order valence-electron chi connectivity index (χ4n) is 1.88. The lowest BCUT2D eigenvalue weighted by Crippen LogP contribution is -2.16. The lowest BCUT2D eigenvalue weighted by molar-refractivity contribution is -0.110. The summed E-state index contributed by atoms with van der Waals surface area (Å²) in [7, 11) is 0. The Morgan fingerprint density at radius 2 is 1.94 bits per heavy atom. The van der Waals surface area contributed by atoms with E-state index >= 15 is 0 Å². The van der Waals surface area contributed by atoms with E-state index in [1.54, 1.807) is 12.1 Å². The molecule has 0 N–H and O–H groups in total. The van der Waals surface area contributed by atoms with Gasteiger partial charge >= 0.3 is 0 Å². The molecule has 1 aromatic rings. The van der Waals surface area contributed by atoms with E-state index in [-0.39, 0.29) is 0 Å². The molecule has 0 saturated heterocycles. The van der Waals surface area contributed by atoms with Crippen molar-refractivity contribution in [2.24, 2.45) is 0 Å². The van der Waals surface area contributed by atoms with Crippen LogP contribution in [0.2, 0.25) is 0 Å². The average molecular weight is 244 g/mol. The van der Waals surface area contributed by atoms with E-state index in [0.29, 0.717) is 17.9 Å². The minimum absolute atomic E-state index is 0.440. The zero-order valence-electron chi connectivity index (χ0n) is 10.4. The van der Waals surface area contributed by atoms with Gasteiger partial charge in [0.15, 0.2) is 0 Å². The quantitative estimate of drug-likeness (QED) is 0.590. The van der Waals surface area contributed by atoms with Gasteiger partial charge < -0.3 is 4.74 Å². The third-order valence-corrected chi connectivity index (χ3v) is 2.92. The SMILES string of the molecule is CCCCCOc1ccc2c(c1)C(=O)C(=O)C=C2. The summed E-state index contributed by atoms with van der Waals surface area (Å²) in [6.07, 6.45) is 6.25. The van der Waals surface area contributed by atoms with Crippen LogP contribution in [-0.4, -0.2) is 18.2 Å². The van der Waals surface area contributed by atoms with Gasteiger partial charge in [0.2, 0.25) is 11.6 Å². The minimum Gasteiger partial charge on any atom is -0.494 e. The molecule has 0 atom stereocenters. The van der Waals surface area contributed by atoms with Crippen LogP contribution in [-0.2, 0) is 4.79 Å². The maximum absolute atomic E-state index is 11.7. The first-order valence-electron chi connectivity index (χ1n) is 6.26. The van der Waals surface area contributed by atoms with Crippen LogP contribution in [0.5, 0.6) is 5.75 Å². The first kappa shape index (κ1) is 12.6. The molecule has 0 saturated carbocycles. The fraction of sp³-hybridized carbons (Fsp3) is 0.333.